The van der Waals surface area contributed by atoms with Crippen molar-refractivity contribution >= 4 is 11.2 Å². The van der Waals surface area contributed by atoms with Gasteiger partial charge in [0.2, 0.25) is 5.88 Å². The second kappa shape index (κ2) is 4.84. The number of imidazole rings is 1. The summed E-state index contributed by atoms with van der Waals surface area (Å²) >= 11 is 0. The van der Waals surface area contributed by atoms with E-state index in [9.17, 15) is 0 Å². The molecule has 0 aliphatic heterocycles. The molecule has 0 radical (unpaired) electrons. The molecule has 0 spiro atoms. The Kier molecular flexibility index (Phi) is 3.02. The molecule has 102 valence electrons. The van der Waals surface area contributed by atoms with Gasteiger partial charge in [0.15, 0.2) is 11.2 Å². The Labute approximate surface area is 115 Å². The van der Waals surface area contributed by atoms with Crippen molar-refractivity contribution in [2.75, 3.05) is 7.11 Å². The first-order chi connectivity index (χ1) is 9.74. The summed E-state index contributed by atoms with van der Waals surface area (Å²) < 4.78 is 7.23. The van der Waals surface area contributed by atoms with Gasteiger partial charge in [0.1, 0.15) is 18.0 Å². The quantitative estimate of drug-likeness (QED) is 0.719. The Balaban J connectivity index is 2.27. The van der Waals surface area contributed by atoms with Crippen LogP contribution in [0.3, 0.4) is 0 Å². The van der Waals surface area contributed by atoms with Crippen LogP contribution in [0.4, 0.5) is 0 Å². The molecule has 0 aliphatic rings. The smallest absolute Gasteiger partial charge is 0.245 e. The number of hydrogen-bond donors (Lipinski definition) is 0. The number of aromatic nitrogens is 6. The van der Waals surface area contributed by atoms with Crippen LogP contribution in [-0.4, -0.2) is 36.6 Å². The lowest BCUT2D eigenvalue weighted by Crippen LogP contribution is -2.00. The van der Waals surface area contributed by atoms with E-state index in [4.69, 9.17) is 4.74 Å². The summed E-state index contributed by atoms with van der Waals surface area (Å²) in [5.74, 6) is 1.96. The van der Waals surface area contributed by atoms with Gasteiger partial charge in [-0.25, -0.2) is 19.9 Å². The molecule has 0 unspecified atom stereocenters. The molecule has 0 N–H and O–H groups in total. The molecule has 3 rings (SSSR count). The van der Waals surface area contributed by atoms with Crippen molar-refractivity contribution in [3.8, 4) is 17.3 Å². The largest absolute Gasteiger partial charge is 0.479 e. The lowest BCUT2D eigenvalue weighted by atomic mass is 10.3. The molecule has 20 heavy (non-hydrogen) atoms. The van der Waals surface area contributed by atoms with Gasteiger partial charge in [-0.3, -0.25) is 0 Å². The van der Waals surface area contributed by atoms with Crippen molar-refractivity contribution in [3.63, 3.8) is 0 Å². The SMILES string of the molecule is CCn1c(-c2cnc(C)nc2)nc2c(OC)ncnc21. The third-order valence-corrected chi connectivity index (χ3v) is 3.05. The number of ether oxygens (including phenoxy) is 1. The van der Waals surface area contributed by atoms with Gasteiger partial charge in [0, 0.05) is 18.9 Å². The summed E-state index contributed by atoms with van der Waals surface area (Å²) in [5, 5.41) is 0. The zero-order chi connectivity index (χ0) is 14.1. The van der Waals surface area contributed by atoms with Crippen molar-refractivity contribution in [1.29, 1.82) is 0 Å². The minimum Gasteiger partial charge on any atom is -0.479 e. The number of rotatable bonds is 3. The first-order valence-corrected chi connectivity index (χ1v) is 6.28. The summed E-state index contributed by atoms with van der Waals surface area (Å²) in [6.45, 7) is 4.62. The third kappa shape index (κ3) is 1.87. The van der Waals surface area contributed by atoms with E-state index in [0.717, 1.165) is 29.4 Å². The van der Waals surface area contributed by atoms with Crippen LogP contribution in [0.25, 0.3) is 22.6 Å². The Morgan fingerprint density at radius 1 is 1.15 bits per heavy atom. The van der Waals surface area contributed by atoms with Crippen LogP contribution >= 0.6 is 0 Å². The molecule has 3 heterocycles. The maximum Gasteiger partial charge on any atom is 0.245 e. The van der Waals surface area contributed by atoms with Crippen LogP contribution < -0.4 is 4.74 Å². The van der Waals surface area contributed by atoms with Crippen molar-refractivity contribution < 1.29 is 4.74 Å². The minimum atomic E-state index is 0.469. The molecule has 0 aromatic carbocycles. The highest BCUT2D eigenvalue weighted by Crippen LogP contribution is 2.26. The predicted octanol–water partition coefficient (Wildman–Crippen LogP) is 1.62. The van der Waals surface area contributed by atoms with E-state index < -0.39 is 0 Å². The molecule has 0 bridgehead atoms. The molecule has 3 aromatic rings. The van der Waals surface area contributed by atoms with Crippen molar-refractivity contribution in [2.24, 2.45) is 0 Å². The predicted molar refractivity (Wildman–Crippen MR) is 73.3 cm³/mol. The van der Waals surface area contributed by atoms with Crippen LogP contribution in [0.15, 0.2) is 18.7 Å². The van der Waals surface area contributed by atoms with E-state index in [1.165, 1.54) is 6.33 Å². The Morgan fingerprint density at radius 3 is 2.55 bits per heavy atom. The maximum atomic E-state index is 5.24. The van der Waals surface area contributed by atoms with Gasteiger partial charge < -0.3 is 9.30 Å². The highest BCUT2D eigenvalue weighted by atomic mass is 16.5. The minimum absolute atomic E-state index is 0.469. The second-order valence-electron chi connectivity index (χ2n) is 4.25. The van der Waals surface area contributed by atoms with Crippen LogP contribution in [0, 0.1) is 6.92 Å². The molecule has 0 saturated heterocycles. The molecular weight excluding hydrogens is 256 g/mol. The lowest BCUT2D eigenvalue weighted by molar-refractivity contribution is 0.401. The standard InChI is InChI=1S/C13H14N6O/c1-4-19-11(9-5-14-8(2)15-6-9)18-10-12(19)16-7-17-13(10)20-3/h5-7H,4H2,1-3H3. The fourth-order valence-corrected chi connectivity index (χ4v) is 2.09. The van der Waals surface area contributed by atoms with E-state index in [1.807, 2.05) is 18.4 Å². The van der Waals surface area contributed by atoms with E-state index >= 15 is 0 Å². The van der Waals surface area contributed by atoms with Gasteiger partial charge in [0.25, 0.3) is 0 Å². The molecule has 3 aromatic heterocycles. The normalized spacial score (nSPS) is 10.9. The molecule has 0 saturated carbocycles. The molecule has 7 heteroatoms. The van der Waals surface area contributed by atoms with E-state index in [2.05, 4.69) is 24.9 Å². The van der Waals surface area contributed by atoms with Gasteiger partial charge >= 0.3 is 0 Å². The number of nitrogens with zero attached hydrogens (tertiary/aromatic N) is 6. The van der Waals surface area contributed by atoms with Gasteiger partial charge in [0.05, 0.1) is 12.7 Å². The number of fused-ring (bicyclic) bond motifs is 1. The van der Waals surface area contributed by atoms with Gasteiger partial charge in [-0.1, -0.05) is 0 Å². The fourth-order valence-electron chi connectivity index (χ4n) is 2.09. The monoisotopic (exact) mass is 270 g/mol. The first kappa shape index (κ1) is 12.5. The maximum absolute atomic E-state index is 5.24. The average Bonchev–Trinajstić information content (AvgIpc) is 2.86. The van der Waals surface area contributed by atoms with Gasteiger partial charge in [-0.2, -0.15) is 4.98 Å². The van der Waals surface area contributed by atoms with E-state index in [0.29, 0.717) is 11.4 Å². The van der Waals surface area contributed by atoms with Crippen LogP contribution in [0.1, 0.15) is 12.7 Å². The topological polar surface area (TPSA) is 78.6 Å². The van der Waals surface area contributed by atoms with Crippen LogP contribution in [0.2, 0.25) is 0 Å². The van der Waals surface area contributed by atoms with Crippen LogP contribution in [0.5, 0.6) is 5.88 Å². The summed E-state index contributed by atoms with van der Waals surface area (Å²) in [4.78, 5) is 21.4. The number of hydrogen-bond acceptors (Lipinski definition) is 6. The summed E-state index contributed by atoms with van der Waals surface area (Å²) in [6.07, 6.45) is 5.00. The summed E-state index contributed by atoms with van der Waals surface area (Å²) in [7, 11) is 1.57. The molecule has 0 aliphatic carbocycles. The average molecular weight is 270 g/mol. The molecular formula is C13H14N6O. The Hall–Kier alpha value is -2.57. The molecule has 0 fully saturated rings. The second-order valence-corrected chi connectivity index (χ2v) is 4.25. The van der Waals surface area contributed by atoms with Crippen LogP contribution in [-0.2, 0) is 6.54 Å². The Bertz CT molecular complexity index is 749. The fraction of sp³-hybridized carbons (Fsp3) is 0.308. The van der Waals surface area contributed by atoms with Crippen molar-refractivity contribution in [3.05, 3.63) is 24.5 Å². The lowest BCUT2D eigenvalue weighted by Gasteiger charge is -2.04. The summed E-state index contributed by atoms with van der Waals surface area (Å²) in [5.41, 5.74) is 2.24. The highest BCUT2D eigenvalue weighted by molar-refractivity contribution is 5.80. The summed E-state index contributed by atoms with van der Waals surface area (Å²) in [6, 6.07) is 0. The zero-order valence-corrected chi connectivity index (χ0v) is 11.5. The number of aryl methyl sites for hydroxylation is 2. The molecule has 0 amide bonds. The third-order valence-electron chi connectivity index (χ3n) is 3.05. The number of methoxy groups -OCH3 is 1. The Morgan fingerprint density at radius 2 is 1.90 bits per heavy atom. The van der Waals surface area contributed by atoms with E-state index in [1.54, 1.807) is 19.5 Å². The van der Waals surface area contributed by atoms with Crippen molar-refractivity contribution in [1.82, 2.24) is 29.5 Å². The first-order valence-electron chi connectivity index (χ1n) is 6.28. The van der Waals surface area contributed by atoms with Gasteiger partial charge in [-0.05, 0) is 13.8 Å². The highest BCUT2D eigenvalue weighted by Gasteiger charge is 2.16. The molecule has 7 nitrogen and oxygen atoms in total. The molecule has 0 atom stereocenters. The van der Waals surface area contributed by atoms with E-state index in [-0.39, 0.29) is 0 Å². The van der Waals surface area contributed by atoms with Crippen molar-refractivity contribution in [2.45, 2.75) is 20.4 Å². The zero-order valence-electron chi connectivity index (χ0n) is 11.5. The van der Waals surface area contributed by atoms with Gasteiger partial charge in [-0.15, -0.1) is 0 Å².